The Morgan fingerprint density at radius 1 is 1.44 bits per heavy atom. The van der Waals surface area contributed by atoms with Crippen LogP contribution in [0, 0.1) is 0 Å². The Bertz CT molecular complexity index is 425. The fraction of sp³-hybridized carbons (Fsp3) is 0.417. The number of benzene rings is 1. The molecule has 0 radical (unpaired) electrons. The highest BCUT2D eigenvalue weighted by Gasteiger charge is 2.20. The Balaban J connectivity index is 2.62. The van der Waals surface area contributed by atoms with Gasteiger partial charge in [0.25, 0.3) is 0 Å². The average molecular weight is 274 g/mol. The topological polar surface area (TPSA) is 89.8 Å². The summed E-state index contributed by atoms with van der Waals surface area (Å²) >= 11 is 5.85. The monoisotopic (exact) mass is 273 g/mol. The molecule has 1 rings (SSSR count). The van der Waals surface area contributed by atoms with E-state index in [2.05, 4.69) is 5.32 Å². The highest BCUT2D eigenvalue weighted by atomic mass is 35.5. The van der Waals surface area contributed by atoms with Crippen molar-refractivity contribution in [1.82, 2.24) is 5.32 Å². The molecule has 5 nitrogen and oxygen atoms in total. The van der Waals surface area contributed by atoms with Crippen molar-refractivity contribution in [1.29, 1.82) is 0 Å². The first kappa shape index (κ1) is 14.8. The lowest BCUT2D eigenvalue weighted by molar-refractivity contribution is -0.119. The highest BCUT2D eigenvalue weighted by molar-refractivity contribution is 6.31. The number of aliphatic hydroxyl groups is 2. The molecule has 0 spiro atoms. The zero-order chi connectivity index (χ0) is 13.7. The molecule has 0 heterocycles. The van der Waals surface area contributed by atoms with Crippen LogP contribution in [-0.2, 0) is 4.79 Å². The number of nitrogens with one attached hydrogen (secondary N) is 1. The predicted molar refractivity (Wildman–Crippen MR) is 67.4 cm³/mol. The van der Waals surface area contributed by atoms with E-state index in [1.165, 1.54) is 25.1 Å². The molecular formula is C12H16ClNO4. The zero-order valence-corrected chi connectivity index (χ0v) is 10.7. The molecule has 0 aromatic heterocycles. The van der Waals surface area contributed by atoms with Gasteiger partial charge in [-0.3, -0.25) is 4.79 Å². The van der Waals surface area contributed by atoms with E-state index in [1.807, 2.05) is 0 Å². The van der Waals surface area contributed by atoms with E-state index in [9.17, 15) is 20.1 Å². The molecule has 0 aliphatic rings. The quantitative estimate of drug-likeness (QED) is 0.643. The third-order valence-corrected chi connectivity index (χ3v) is 2.81. The van der Waals surface area contributed by atoms with Gasteiger partial charge in [-0.15, -0.1) is 0 Å². The van der Waals surface area contributed by atoms with E-state index in [0.29, 0.717) is 5.56 Å². The number of hydrogen-bond acceptors (Lipinski definition) is 4. The van der Waals surface area contributed by atoms with Crippen molar-refractivity contribution in [2.75, 3.05) is 6.54 Å². The Morgan fingerprint density at radius 2 is 2.11 bits per heavy atom. The highest BCUT2D eigenvalue weighted by Crippen LogP contribution is 2.29. The van der Waals surface area contributed by atoms with Crippen molar-refractivity contribution in [2.24, 2.45) is 0 Å². The largest absolute Gasteiger partial charge is 0.508 e. The van der Waals surface area contributed by atoms with Crippen LogP contribution in [0.3, 0.4) is 0 Å². The van der Waals surface area contributed by atoms with Crippen molar-refractivity contribution < 1.29 is 20.1 Å². The van der Waals surface area contributed by atoms with Crippen LogP contribution in [0.4, 0.5) is 0 Å². The van der Waals surface area contributed by atoms with Gasteiger partial charge in [-0.1, -0.05) is 17.7 Å². The number of rotatable bonds is 5. The standard InChI is InChI=1S/C12H16ClNO4/c1-7(15)14-5-4-11(17)12(18)9-3-2-8(16)6-10(9)13/h2-3,6,11-12,16-18H,4-5H2,1H3,(H,14,15). The number of amides is 1. The average Bonchev–Trinajstić information content (AvgIpc) is 2.27. The summed E-state index contributed by atoms with van der Waals surface area (Å²) in [6.07, 6.45) is -2.00. The number of aromatic hydroxyl groups is 1. The molecule has 1 aromatic rings. The van der Waals surface area contributed by atoms with E-state index in [0.717, 1.165) is 0 Å². The lowest BCUT2D eigenvalue weighted by atomic mass is 10.0. The molecule has 0 saturated heterocycles. The van der Waals surface area contributed by atoms with Gasteiger partial charge >= 0.3 is 0 Å². The SMILES string of the molecule is CC(=O)NCCC(O)C(O)c1ccc(O)cc1Cl. The molecular weight excluding hydrogens is 258 g/mol. The molecule has 0 aliphatic carbocycles. The van der Waals surface area contributed by atoms with Crippen LogP contribution >= 0.6 is 11.6 Å². The first-order valence-corrected chi connectivity index (χ1v) is 5.88. The predicted octanol–water partition coefficient (Wildman–Crippen LogP) is 0.966. The second-order valence-corrected chi connectivity index (χ2v) is 4.40. The van der Waals surface area contributed by atoms with Crippen LogP contribution in [0.5, 0.6) is 5.75 Å². The van der Waals surface area contributed by atoms with E-state index in [4.69, 9.17) is 11.6 Å². The van der Waals surface area contributed by atoms with Gasteiger partial charge in [-0.2, -0.15) is 0 Å². The van der Waals surface area contributed by atoms with Gasteiger partial charge in [0, 0.05) is 19.0 Å². The van der Waals surface area contributed by atoms with Crippen molar-refractivity contribution >= 4 is 17.5 Å². The molecule has 1 aromatic carbocycles. The molecule has 1 amide bonds. The van der Waals surface area contributed by atoms with Crippen LogP contribution in [0.25, 0.3) is 0 Å². The first-order chi connectivity index (χ1) is 8.41. The second kappa shape index (κ2) is 6.58. The summed E-state index contributed by atoms with van der Waals surface area (Å²) in [5, 5.41) is 31.5. The molecule has 2 atom stereocenters. The number of carbonyl (C=O) groups is 1. The Labute approximate surface area is 110 Å². The summed E-state index contributed by atoms with van der Waals surface area (Å²) < 4.78 is 0. The first-order valence-electron chi connectivity index (χ1n) is 5.50. The number of hydrogen-bond donors (Lipinski definition) is 4. The number of halogens is 1. The Morgan fingerprint density at radius 3 is 2.67 bits per heavy atom. The minimum Gasteiger partial charge on any atom is -0.508 e. The second-order valence-electron chi connectivity index (χ2n) is 3.99. The lowest BCUT2D eigenvalue weighted by Crippen LogP contribution is -2.27. The normalized spacial score (nSPS) is 14.0. The molecule has 0 aliphatic heterocycles. The maximum Gasteiger partial charge on any atom is 0.216 e. The summed E-state index contributed by atoms with van der Waals surface area (Å²) in [5.74, 6) is -0.206. The van der Waals surface area contributed by atoms with Crippen molar-refractivity contribution in [3.05, 3.63) is 28.8 Å². The van der Waals surface area contributed by atoms with Gasteiger partial charge in [-0.25, -0.2) is 0 Å². The van der Waals surface area contributed by atoms with E-state index in [-0.39, 0.29) is 29.6 Å². The zero-order valence-electron chi connectivity index (χ0n) is 9.93. The molecule has 0 fully saturated rings. The summed E-state index contributed by atoms with van der Waals surface area (Å²) in [7, 11) is 0. The fourth-order valence-electron chi connectivity index (χ4n) is 1.52. The summed E-state index contributed by atoms with van der Waals surface area (Å²) in [5.41, 5.74) is 0.338. The van der Waals surface area contributed by atoms with Crippen LogP contribution in [0.2, 0.25) is 5.02 Å². The molecule has 4 N–H and O–H groups in total. The number of phenolic OH excluding ortho intramolecular Hbond substituents is 1. The van der Waals surface area contributed by atoms with E-state index in [1.54, 1.807) is 0 Å². The summed E-state index contributed by atoms with van der Waals surface area (Å²) in [6, 6.07) is 4.12. The summed E-state index contributed by atoms with van der Waals surface area (Å²) in [4.78, 5) is 10.7. The van der Waals surface area contributed by atoms with Crippen molar-refractivity contribution in [2.45, 2.75) is 25.6 Å². The minimum absolute atomic E-state index is 0.0105. The van der Waals surface area contributed by atoms with Gasteiger partial charge in [0.15, 0.2) is 0 Å². The van der Waals surface area contributed by atoms with Gasteiger partial charge in [0.05, 0.1) is 11.1 Å². The maximum atomic E-state index is 10.7. The molecule has 2 unspecified atom stereocenters. The smallest absolute Gasteiger partial charge is 0.216 e. The van der Waals surface area contributed by atoms with Crippen LogP contribution < -0.4 is 5.32 Å². The van der Waals surface area contributed by atoms with Gasteiger partial charge < -0.3 is 20.6 Å². The molecule has 100 valence electrons. The van der Waals surface area contributed by atoms with E-state index >= 15 is 0 Å². The number of aliphatic hydroxyl groups excluding tert-OH is 2. The molecule has 0 saturated carbocycles. The minimum atomic E-state index is -1.16. The van der Waals surface area contributed by atoms with Gasteiger partial charge in [0.2, 0.25) is 5.91 Å². The lowest BCUT2D eigenvalue weighted by Gasteiger charge is -2.19. The Hall–Kier alpha value is -1.30. The summed E-state index contributed by atoms with van der Waals surface area (Å²) in [6.45, 7) is 1.64. The van der Waals surface area contributed by atoms with Crippen LogP contribution in [0.15, 0.2) is 18.2 Å². The van der Waals surface area contributed by atoms with Crippen LogP contribution in [-0.4, -0.2) is 33.9 Å². The number of phenols is 1. The third-order valence-electron chi connectivity index (χ3n) is 2.48. The fourth-order valence-corrected chi connectivity index (χ4v) is 1.80. The van der Waals surface area contributed by atoms with Gasteiger partial charge in [-0.05, 0) is 18.6 Å². The maximum absolute atomic E-state index is 10.7. The van der Waals surface area contributed by atoms with Crippen molar-refractivity contribution in [3.8, 4) is 5.75 Å². The van der Waals surface area contributed by atoms with E-state index < -0.39 is 12.2 Å². The molecule has 0 bridgehead atoms. The van der Waals surface area contributed by atoms with Gasteiger partial charge in [0.1, 0.15) is 11.9 Å². The molecule has 6 heteroatoms. The molecule has 18 heavy (non-hydrogen) atoms. The van der Waals surface area contributed by atoms with Crippen molar-refractivity contribution in [3.63, 3.8) is 0 Å². The van der Waals surface area contributed by atoms with Crippen LogP contribution in [0.1, 0.15) is 25.0 Å². The Kier molecular flexibility index (Phi) is 5.40. The third kappa shape index (κ3) is 4.18. The number of carbonyl (C=O) groups excluding carboxylic acids is 1.